The summed E-state index contributed by atoms with van der Waals surface area (Å²) in [4.78, 5) is 25.3. The summed E-state index contributed by atoms with van der Waals surface area (Å²) < 4.78 is 5.14. The SMILES string of the molecule is COc1ccc2c(c1)CC(CC(=O)N(C)C)C2=O. The number of carbonyl (C=O) groups excluding carboxylic acids is 2. The van der Waals surface area contributed by atoms with Crippen LogP contribution in [0.15, 0.2) is 18.2 Å². The Morgan fingerprint density at radius 2 is 2.17 bits per heavy atom. The number of carbonyl (C=O) groups is 2. The predicted octanol–water partition coefficient (Wildman–Crippen LogP) is 1.53. The Morgan fingerprint density at radius 1 is 1.44 bits per heavy atom. The number of methoxy groups -OCH3 is 1. The van der Waals surface area contributed by atoms with E-state index < -0.39 is 0 Å². The first-order chi connectivity index (χ1) is 8.52. The van der Waals surface area contributed by atoms with E-state index in [0.29, 0.717) is 6.42 Å². The van der Waals surface area contributed by atoms with E-state index in [9.17, 15) is 9.59 Å². The summed E-state index contributed by atoms with van der Waals surface area (Å²) in [6.45, 7) is 0. The zero-order chi connectivity index (χ0) is 13.3. The summed E-state index contributed by atoms with van der Waals surface area (Å²) in [7, 11) is 5.02. The molecule has 0 saturated heterocycles. The minimum atomic E-state index is -0.220. The normalized spacial score (nSPS) is 17.5. The number of ether oxygens (including phenoxy) is 1. The fourth-order valence-corrected chi connectivity index (χ4v) is 2.24. The lowest BCUT2D eigenvalue weighted by atomic mass is 10.0. The highest BCUT2D eigenvalue weighted by Crippen LogP contribution is 2.31. The molecule has 4 nitrogen and oxygen atoms in total. The maximum absolute atomic E-state index is 12.1. The van der Waals surface area contributed by atoms with Crippen LogP contribution in [0.2, 0.25) is 0 Å². The third-order valence-electron chi connectivity index (χ3n) is 3.33. The van der Waals surface area contributed by atoms with Crippen molar-refractivity contribution < 1.29 is 14.3 Å². The fraction of sp³-hybridized carbons (Fsp3) is 0.429. The van der Waals surface area contributed by atoms with Crippen LogP contribution in [-0.2, 0) is 11.2 Å². The summed E-state index contributed by atoms with van der Waals surface area (Å²) in [6, 6.07) is 5.46. The van der Waals surface area contributed by atoms with Gasteiger partial charge in [-0.25, -0.2) is 0 Å². The zero-order valence-corrected chi connectivity index (χ0v) is 10.9. The Hall–Kier alpha value is -1.84. The first kappa shape index (κ1) is 12.6. The van der Waals surface area contributed by atoms with Crippen LogP contribution in [0.4, 0.5) is 0 Å². The van der Waals surface area contributed by atoms with E-state index in [4.69, 9.17) is 4.74 Å². The lowest BCUT2D eigenvalue weighted by molar-refractivity contribution is -0.129. The maximum Gasteiger partial charge on any atom is 0.222 e. The van der Waals surface area contributed by atoms with Crippen molar-refractivity contribution >= 4 is 11.7 Å². The first-order valence-electron chi connectivity index (χ1n) is 5.94. The number of hydrogen-bond donors (Lipinski definition) is 0. The summed E-state index contributed by atoms with van der Waals surface area (Å²) in [5, 5.41) is 0. The van der Waals surface area contributed by atoms with Gasteiger partial charge in [-0.2, -0.15) is 0 Å². The van der Waals surface area contributed by atoms with Crippen LogP contribution < -0.4 is 4.74 Å². The number of hydrogen-bond acceptors (Lipinski definition) is 3. The molecule has 0 spiro atoms. The molecule has 1 atom stereocenters. The van der Waals surface area contributed by atoms with Gasteiger partial charge in [0.1, 0.15) is 5.75 Å². The van der Waals surface area contributed by atoms with Crippen LogP contribution in [0, 0.1) is 5.92 Å². The molecule has 0 aliphatic heterocycles. The third-order valence-corrected chi connectivity index (χ3v) is 3.33. The van der Waals surface area contributed by atoms with E-state index in [1.807, 2.05) is 6.07 Å². The van der Waals surface area contributed by atoms with Crippen molar-refractivity contribution in [2.45, 2.75) is 12.8 Å². The molecule has 1 aromatic carbocycles. The second-order valence-corrected chi connectivity index (χ2v) is 4.78. The van der Waals surface area contributed by atoms with Gasteiger partial charge in [0.25, 0.3) is 0 Å². The van der Waals surface area contributed by atoms with Gasteiger partial charge in [0.15, 0.2) is 5.78 Å². The molecule has 1 amide bonds. The van der Waals surface area contributed by atoms with E-state index in [1.54, 1.807) is 33.3 Å². The maximum atomic E-state index is 12.1. The van der Waals surface area contributed by atoms with E-state index in [2.05, 4.69) is 0 Å². The van der Waals surface area contributed by atoms with Crippen molar-refractivity contribution in [3.05, 3.63) is 29.3 Å². The Kier molecular flexibility index (Phi) is 3.36. The zero-order valence-electron chi connectivity index (χ0n) is 10.9. The van der Waals surface area contributed by atoms with Crippen LogP contribution in [0.3, 0.4) is 0 Å². The molecular formula is C14H17NO3. The molecule has 1 unspecified atom stereocenters. The molecule has 1 aromatic rings. The van der Waals surface area contributed by atoms with Crippen molar-refractivity contribution in [1.82, 2.24) is 4.90 Å². The van der Waals surface area contributed by atoms with E-state index in [1.165, 1.54) is 4.90 Å². The molecule has 0 aromatic heterocycles. The minimum Gasteiger partial charge on any atom is -0.497 e. The summed E-state index contributed by atoms with van der Waals surface area (Å²) in [5.41, 5.74) is 1.71. The molecule has 1 aliphatic rings. The van der Waals surface area contributed by atoms with Crippen molar-refractivity contribution in [2.75, 3.05) is 21.2 Å². The van der Waals surface area contributed by atoms with Gasteiger partial charge in [-0.15, -0.1) is 0 Å². The lowest BCUT2D eigenvalue weighted by Crippen LogP contribution is -2.26. The van der Waals surface area contributed by atoms with Crippen LogP contribution in [0.25, 0.3) is 0 Å². The van der Waals surface area contributed by atoms with Gasteiger partial charge in [0, 0.05) is 32.0 Å². The fourth-order valence-electron chi connectivity index (χ4n) is 2.24. The number of fused-ring (bicyclic) bond motifs is 1. The predicted molar refractivity (Wildman–Crippen MR) is 67.8 cm³/mol. The minimum absolute atomic E-state index is 0.00637. The largest absolute Gasteiger partial charge is 0.497 e. The monoisotopic (exact) mass is 247 g/mol. The number of rotatable bonds is 3. The van der Waals surface area contributed by atoms with Crippen molar-refractivity contribution in [3.63, 3.8) is 0 Å². The molecule has 4 heteroatoms. The highest BCUT2D eigenvalue weighted by molar-refractivity contribution is 6.04. The molecule has 2 rings (SSSR count). The van der Waals surface area contributed by atoms with Gasteiger partial charge in [-0.05, 0) is 30.2 Å². The molecule has 0 heterocycles. The van der Waals surface area contributed by atoms with Crippen molar-refractivity contribution in [1.29, 1.82) is 0 Å². The summed E-state index contributed by atoms with van der Waals surface area (Å²) in [5.74, 6) is 0.596. The van der Waals surface area contributed by atoms with Crippen LogP contribution in [0.1, 0.15) is 22.3 Å². The Labute approximate surface area is 107 Å². The summed E-state index contributed by atoms with van der Waals surface area (Å²) >= 11 is 0. The van der Waals surface area contributed by atoms with Gasteiger partial charge >= 0.3 is 0 Å². The first-order valence-corrected chi connectivity index (χ1v) is 5.94. The van der Waals surface area contributed by atoms with Gasteiger partial charge in [-0.1, -0.05) is 0 Å². The molecule has 18 heavy (non-hydrogen) atoms. The second kappa shape index (κ2) is 4.80. The topological polar surface area (TPSA) is 46.6 Å². The van der Waals surface area contributed by atoms with Gasteiger partial charge in [0.05, 0.1) is 7.11 Å². The van der Waals surface area contributed by atoms with Gasteiger partial charge in [-0.3, -0.25) is 9.59 Å². The number of Topliss-reactive ketones (excluding diaryl/α,β-unsaturated/α-hetero) is 1. The number of nitrogens with zero attached hydrogens (tertiary/aromatic N) is 1. The molecule has 0 N–H and O–H groups in total. The molecule has 0 saturated carbocycles. The van der Waals surface area contributed by atoms with Crippen LogP contribution >= 0.6 is 0 Å². The van der Waals surface area contributed by atoms with Crippen LogP contribution in [-0.4, -0.2) is 37.8 Å². The van der Waals surface area contributed by atoms with Crippen molar-refractivity contribution in [3.8, 4) is 5.75 Å². The average molecular weight is 247 g/mol. The van der Waals surface area contributed by atoms with Gasteiger partial charge < -0.3 is 9.64 Å². The second-order valence-electron chi connectivity index (χ2n) is 4.78. The number of amides is 1. The highest BCUT2D eigenvalue weighted by atomic mass is 16.5. The average Bonchev–Trinajstić information content (AvgIpc) is 2.65. The summed E-state index contributed by atoms with van der Waals surface area (Å²) in [6.07, 6.45) is 0.910. The molecule has 0 bridgehead atoms. The van der Waals surface area contributed by atoms with E-state index in [0.717, 1.165) is 16.9 Å². The Balaban J connectivity index is 2.17. The molecular weight excluding hydrogens is 230 g/mol. The standard InChI is InChI=1S/C14H17NO3/c1-15(2)13(16)8-10-6-9-7-11(18-3)4-5-12(9)14(10)17/h4-5,7,10H,6,8H2,1-3H3. The quantitative estimate of drug-likeness (QED) is 0.813. The molecule has 0 fully saturated rings. The highest BCUT2D eigenvalue weighted by Gasteiger charge is 2.32. The van der Waals surface area contributed by atoms with E-state index in [-0.39, 0.29) is 24.0 Å². The van der Waals surface area contributed by atoms with Crippen molar-refractivity contribution in [2.24, 2.45) is 5.92 Å². The Morgan fingerprint density at radius 3 is 2.78 bits per heavy atom. The number of ketones is 1. The van der Waals surface area contributed by atoms with E-state index >= 15 is 0 Å². The smallest absolute Gasteiger partial charge is 0.222 e. The molecule has 1 aliphatic carbocycles. The molecule has 96 valence electrons. The van der Waals surface area contributed by atoms with Crippen LogP contribution in [0.5, 0.6) is 5.75 Å². The number of benzene rings is 1. The third kappa shape index (κ3) is 2.23. The molecule has 0 radical (unpaired) electrons. The lowest BCUT2D eigenvalue weighted by Gasteiger charge is -2.12. The Bertz CT molecular complexity index is 494. The van der Waals surface area contributed by atoms with Gasteiger partial charge in [0.2, 0.25) is 5.91 Å².